The van der Waals surface area contributed by atoms with Crippen molar-refractivity contribution in [2.45, 2.75) is 38.9 Å². The fraction of sp³-hybridized carbons (Fsp3) is 0.667. The van der Waals surface area contributed by atoms with Crippen molar-refractivity contribution in [2.75, 3.05) is 0 Å². The monoisotopic (exact) mass is 229 g/mol. The number of nitrogens with zero attached hydrogens (tertiary/aromatic N) is 1. The Labute approximate surface area is 94.1 Å². The van der Waals surface area contributed by atoms with Gasteiger partial charge in [0.1, 0.15) is 0 Å². The molecule has 0 fully saturated rings. The first-order valence-corrected chi connectivity index (χ1v) is 5.65. The Balaban J connectivity index is 2.70. The molecule has 2 N–H and O–H groups in total. The molecule has 1 heterocycles. The molecule has 0 bridgehead atoms. The molecule has 0 amide bonds. The van der Waals surface area contributed by atoms with Gasteiger partial charge in [-0.3, -0.25) is 4.98 Å². The highest BCUT2D eigenvalue weighted by atomic mass is 32.1. The minimum atomic E-state index is -1.10. The SMILES string of the molecule is CC(C)(O)C(C)(C)OB(O)c1cscn1. The third kappa shape index (κ3) is 3.01. The molecule has 1 aromatic rings. The zero-order valence-electron chi connectivity index (χ0n) is 9.39. The minimum absolute atomic E-state index is 0.470. The number of aliphatic hydroxyl groups is 1. The molecule has 4 nitrogen and oxygen atoms in total. The number of hydrogen-bond donors (Lipinski definition) is 2. The van der Waals surface area contributed by atoms with E-state index in [1.165, 1.54) is 11.3 Å². The first kappa shape index (κ1) is 12.6. The lowest BCUT2D eigenvalue weighted by Crippen LogP contribution is -2.53. The molecule has 84 valence electrons. The lowest BCUT2D eigenvalue weighted by molar-refractivity contribution is -0.0983. The van der Waals surface area contributed by atoms with Crippen molar-refractivity contribution in [1.29, 1.82) is 0 Å². The van der Waals surface area contributed by atoms with Gasteiger partial charge in [-0.1, -0.05) is 0 Å². The Morgan fingerprint density at radius 2 is 2.00 bits per heavy atom. The van der Waals surface area contributed by atoms with Gasteiger partial charge in [-0.15, -0.1) is 11.3 Å². The summed E-state index contributed by atoms with van der Waals surface area (Å²) in [5.41, 5.74) is 0.205. The van der Waals surface area contributed by atoms with Crippen molar-refractivity contribution in [3.8, 4) is 0 Å². The first-order chi connectivity index (χ1) is 6.74. The zero-order chi connectivity index (χ0) is 11.7. The summed E-state index contributed by atoms with van der Waals surface area (Å²) in [6.45, 7) is 6.73. The highest BCUT2D eigenvalue weighted by Gasteiger charge is 2.39. The van der Waals surface area contributed by atoms with Crippen LogP contribution in [0.3, 0.4) is 0 Å². The summed E-state index contributed by atoms with van der Waals surface area (Å²) < 4.78 is 5.40. The van der Waals surface area contributed by atoms with Crippen LogP contribution in [0.15, 0.2) is 10.9 Å². The van der Waals surface area contributed by atoms with Crippen molar-refractivity contribution in [3.05, 3.63) is 10.9 Å². The second kappa shape index (κ2) is 4.21. The highest BCUT2D eigenvalue weighted by molar-refractivity contribution is 7.08. The molecule has 0 saturated heterocycles. The van der Waals surface area contributed by atoms with Gasteiger partial charge < -0.3 is 14.8 Å². The maximum absolute atomic E-state index is 9.84. The minimum Gasteiger partial charge on any atom is -0.422 e. The number of thiazole rings is 1. The molecule has 6 heteroatoms. The Hall–Kier alpha value is -0.425. The summed E-state index contributed by atoms with van der Waals surface area (Å²) in [6.07, 6.45) is 0. The van der Waals surface area contributed by atoms with Gasteiger partial charge in [-0.25, -0.2) is 0 Å². The van der Waals surface area contributed by atoms with E-state index in [4.69, 9.17) is 4.65 Å². The molecule has 0 aromatic carbocycles. The van der Waals surface area contributed by atoms with Crippen LogP contribution in [-0.2, 0) is 4.65 Å². The highest BCUT2D eigenvalue weighted by Crippen LogP contribution is 2.25. The van der Waals surface area contributed by atoms with E-state index in [0.717, 1.165) is 0 Å². The topological polar surface area (TPSA) is 62.6 Å². The molecule has 0 unspecified atom stereocenters. The van der Waals surface area contributed by atoms with E-state index in [2.05, 4.69) is 4.98 Å². The molecule has 15 heavy (non-hydrogen) atoms. The van der Waals surface area contributed by atoms with Gasteiger partial charge in [0.15, 0.2) is 0 Å². The molecular formula is C9H16BNO3S. The van der Waals surface area contributed by atoms with E-state index >= 15 is 0 Å². The summed E-state index contributed by atoms with van der Waals surface area (Å²) in [6, 6.07) is 0. The average molecular weight is 229 g/mol. The number of hydrogen-bond acceptors (Lipinski definition) is 5. The Morgan fingerprint density at radius 3 is 2.40 bits per heavy atom. The summed E-state index contributed by atoms with van der Waals surface area (Å²) in [5, 5.41) is 21.3. The maximum atomic E-state index is 9.84. The Bertz CT molecular complexity index is 308. The smallest absolute Gasteiger partial charge is 0.422 e. The van der Waals surface area contributed by atoms with Gasteiger partial charge in [0.05, 0.1) is 22.3 Å². The molecule has 0 spiro atoms. The summed E-state index contributed by atoms with van der Waals surface area (Å²) in [4.78, 5) is 3.94. The quantitative estimate of drug-likeness (QED) is 0.733. The lowest BCUT2D eigenvalue weighted by Gasteiger charge is -2.38. The second-order valence-corrected chi connectivity index (χ2v) is 5.17. The summed E-state index contributed by atoms with van der Waals surface area (Å²) in [5.74, 6) is 0. The predicted octanol–water partition coefficient (Wildman–Crippen LogP) is 0.397. The van der Waals surface area contributed by atoms with Gasteiger partial charge >= 0.3 is 7.12 Å². The van der Waals surface area contributed by atoms with E-state index in [-0.39, 0.29) is 0 Å². The summed E-state index contributed by atoms with van der Waals surface area (Å²) in [7, 11) is -1.10. The van der Waals surface area contributed by atoms with E-state index in [0.29, 0.717) is 5.59 Å². The van der Waals surface area contributed by atoms with Crippen LogP contribution in [0.2, 0.25) is 0 Å². The van der Waals surface area contributed by atoms with Crippen molar-refractivity contribution in [3.63, 3.8) is 0 Å². The second-order valence-electron chi connectivity index (χ2n) is 4.45. The van der Waals surface area contributed by atoms with Crippen LogP contribution in [0.1, 0.15) is 27.7 Å². The van der Waals surface area contributed by atoms with Gasteiger partial charge in [0, 0.05) is 5.38 Å². The molecule has 0 atom stereocenters. The molecular weight excluding hydrogens is 213 g/mol. The lowest BCUT2D eigenvalue weighted by atomic mass is 9.81. The third-order valence-electron chi connectivity index (χ3n) is 2.58. The van der Waals surface area contributed by atoms with Crippen LogP contribution < -0.4 is 5.59 Å². The first-order valence-electron chi connectivity index (χ1n) is 4.70. The largest absolute Gasteiger partial charge is 0.512 e. The van der Waals surface area contributed by atoms with Gasteiger partial charge in [0.2, 0.25) is 0 Å². The van der Waals surface area contributed by atoms with Crippen molar-refractivity contribution in [2.24, 2.45) is 0 Å². The third-order valence-corrected chi connectivity index (χ3v) is 3.19. The van der Waals surface area contributed by atoms with Crippen LogP contribution in [-0.4, -0.2) is 33.4 Å². The standard InChI is InChI=1S/C9H16BNO3S/c1-8(2,12)9(3,4)14-10(13)7-5-15-6-11-7/h5-6,12-13H,1-4H3. The Kier molecular flexibility index (Phi) is 3.55. The fourth-order valence-electron chi connectivity index (χ4n) is 0.827. The Morgan fingerprint density at radius 1 is 1.40 bits per heavy atom. The average Bonchev–Trinajstić information content (AvgIpc) is 2.51. The molecule has 0 aliphatic rings. The van der Waals surface area contributed by atoms with Crippen molar-refractivity contribution in [1.82, 2.24) is 4.98 Å². The number of rotatable bonds is 4. The molecule has 0 aliphatic carbocycles. The molecule has 1 rings (SSSR count). The molecule has 0 radical (unpaired) electrons. The predicted molar refractivity (Wildman–Crippen MR) is 61.2 cm³/mol. The van der Waals surface area contributed by atoms with E-state index in [9.17, 15) is 10.1 Å². The van der Waals surface area contributed by atoms with Gasteiger partial charge in [-0.2, -0.15) is 0 Å². The zero-order valence-corrected chi connectivity index (χ0v) is 10.2. The molecule has 1 aromatic heterocycles. The van der Waals surface area contributed by atoms with E-state index in [1.54, 1.807) is 38.6 Å². The molecule has 0 saturated carbocycles. The normalized spacial score (nSPS) is 12.9. The fourth-order valence-corrected chi connectivity index (χ4v) is 1.39. The summed E-state index contributed by atoms with van der Waals surface area (Å²) >= 11 is 1.39. The van der Waals surface area contributed by atoms with E-state index < -0.39 is 18.3 Å². The van der Waals surface area contributed by atoms with Crippen LogP contribution in [0.5, 0.6) is 0 Å². The van der Waals surface area contributed by atoms with Crippen LogP contribution in [0.25, 0.3) is 0 Å². The van der Waals surface area contributed by atoms with Gasteiger partial charge in [0.25, 0.3) is 0 Å². The van der Waals surface area contributed by atoms with E-state index in [1.807, 2.05) is 0 Å². The molecule has 0 aliphatic heterocycles. The number of aromatic nitrogens is 1. The van der Waals surface area contributed by atoms with Crippen molar-refractivity contribution < 1.29 is 14.8 Å². The van der Waals surface area contributed by atoms with Crippen LogP contribution in [0, 0.1) is 0 Å². The van der Waals surface area contributed by atoms with Crippen LogP contribution in [0.4, 0.5) is 0 Å². The van der Waals surface area contributed by atoms with Crippen molar-refractivity contribution >= 4 is 24.0 Å². The van der Waals surface area contributed by atoms with Gasteiger partial charge in [-0.05, 0) is 27.7 Å². The maximum Gasteiger partial charge on any atom is 0.512 e. The van der Waals surface area contributed by atoms with Crippen LogP contribution >= 0.6 is 11.3 Å².